The molecule has 0 aromatic heterocycles. The highest BCUT2D eigenvalue weighted by Gasteiger charge is 2.30. The molecule has 1 heterocycles. The molecular weight excluding hydrogens is 562 g/mol. The molecule has 0 atom stereocenters. The number of aryl methyl sites for hydroxylation is 1. The molecule has 1 amide bonds. The Hall–Kier alpha value is -3.12. The van der Waals surface area contributed by atoms with Gasteiger partial charge in [0.15, 0.2) is 0 Å². The number of nitrogens with zero attached hydrogens (tertiary/aromatic N) is 2. The predicted molar refractivity (Wildman–Crippen MR) is 151 cm³/mol. The van der Waals surface area contributed by atoms with E-state index in [0.717, 1.165) is 29.1 Å². The fourth-order valence-electron chi connectivity index (χ4n) is 4.29. The van der Waals surface area contributed by atoms with Crippen LogP contribution in [-0.4, -0.2) is 53.8 Å². The fraction of sp³-hybridized carbons (Fsp3) is 0.296. The van der Waals surface area contributed by atoms with Gasteiger partial charge in [-0.25, -0.2) is 16.8 Å². The van der Waals surface area contributed by atoms with E-state index in [1.807, 2.05) is 6.92 Å². The Morgan fingerprint density at radius 1 is 0.949 bits per heavy atom. The van der Waals surface area contributed by atoms with Crippen molar-refractivity contribution < 1.29 is 26.4 Å². The lowest BCUT2D eigenvalue weighted by molar-refractivity contribution is -0.114. The van der Waals surface area contributed by atoms with Crippen molar-refractivity contribution in [2.75, 3.05) is 36.4 Å². The summed E-state index contributed by atoms with van der Waals surface area (Å²) in [7, 11) is -6.61. The van der Waals surface area contributed by atoms with Crippen molar-refractivity contribution in [3.05, 3.63) is 77.3 Å². The molecule has 1 fully saturated rings. The number of nitrogens with one attached hydrogen (secondary N) is 1. The lowest BCUT2D eigenvalue weighted by Gasteiger charge is -2.27. The molecule has 0 aliphatic carbocycles. The van der Waals surface area contributed by atoms with E-state index in [0.29, 0.717) is 23.8 Å². The zero-order valence-corrected chi connectivity index (χ0v) is 24.0. The smallest absolute Gasteiger partial charge is 0.264 e. The van der Waals surface area contributed by atoms with Crippen LogP contribution < -0.4 is 14.4 Å². The van der Waals surface area contributed by atoms with Crippen LogP contribution in [0.25, 0.3) is 0 Å². The molecule has 1 aliphatic heterocycles. The minimum absolute atomic E-state index is 0.0281. The Morgan fingerprint density at radius 2 is 1.59 bits per heavy atom. The highest BCUT2D eigenvalue weighted by Crippen LogP contribution is 2.31. The van der Waals surface area contributed by atoms with Crippen LogP contribution in [0.2, 0.25) is 5.02 Å². The molecule has 1 saturated heterocycles. The van der Waals surface area contributed by atoms with Crippen LogP contribution in [0.1, 0.15) is 24.8 Å². The Bertz CT molecular complexity index is 1540. The van der Waals surface area contributed by atoms with Gasteiger partial charge in [0.25, 0.3) is 10.0 Å². The number of sulfonamides is 2. The molecule has 39 heavy (non-hydrogen) atoms. The molecule has 0 saturated carbocycles. The van der Waals surface area contributed by atoms with E-state index in [4.69, 9.17) is 16.3 Å². The van der Waals surface area contributed by atoms with Gasteiger partial charge in [-0.1, -0.05) is 35.7 Å². The Balaban J connectivity index is 1.63. The van der Waals surface area contributed by atoms with Crippen molar-refractivity contribution in [2.24, 2.45) is 0 Å². The number of methoxy groups -OCH3 is 1. The highest BCUT2D eigenvalue weighted by atomic mass is 35.5. The summed E-state index contributed by atoms with van der Waals surface area (Å²) in [5, 5.41) is 3.03. The van der Waals surface area contributed by atoms with Gasteiger partial charge in [0.1, 0.15) is 17.2 Å². The summed E-state index contributed by atoms with van der Waals surface area (Å²) in [6.07, 6.45) is 2.51. The molecule has 1 aliphatic rings. The normalized spacial score (nSPS) is 14.5. The van der Waals surface area contributed by atoms with Gasteiger partial charge in [0.05, 0.1) is 17.7 Å². The topological polar surface area (TPSA) is 113 Å². The number of carbonyl (C=O) groups is 1. The van der Waals surface area contributed by atoms with Crippen molar-refractivity contribution in [2.45, 2.75) is 36.0 Å². The second kappa shape index (κ2) is 12.0. The van der Waals surface area contributed by atoms with Gasteiger partial charge in [0.2, 0.25) is 15.9 Å². The first-order chi connectivity index (χ1) is 18.5. The maximum Gasteiger partial charge on any atom is 0.264 e. The summed E-state index contributed by atoms with van der Waals surface area (Å²) in [4.78, 5) is 13.1. The van der Waals surface area contributed by atoms with Crippen LogP contribution in [0.5, 0.6) is 5.75 Å². The average molecular weight is 592 g/mol. The Morgan fingerprint density at radius 3 is 2.21 bits per heavy atom. The minimum atomic E-state index is -4.14. The highest BCUT2D eigenvalue weighted by molar-refractivity contribution is 7.92. The maximum absolute atomic E-state index is 13.6. The fourth-order valence-corrected chi connectivity index (χ4v) is 7.54. The second-order valence-electron chi connectivity index (χ2n) is 9.18. The first-order valence-electron chi connectivity index (χ1n) is 12.4. The summed E-state index contributed by atoms with van der Waals surface area (Å²) >= 11 is 5.94. The van der Waals surface area contributed by atoms with E-state index in [-0.39, 0.29) is 21.2 Å². The molecule has 1 N–H and O–H groups in total. The van der Waals surface area contributed by atoms with Crippen LogP contribution in [-0.2, 0) is 24.8 Å². The van der Waals surface area contributed by atoms with Crippen molar-refractivity contribution in [1.82, 2.24) is 4.31 Å². The Kier molecular flexibility index (Phi) is 8.85. The van der Waals surface area contributed by atoms with Crippen molar-refractivity contribution in [3.63, 3.8) is 0 Å². The third kappa shape index (κ3) is 6.55. The van der Waals surface area contributed by atoms with Crippen LogP contribution in [0.3, 0.4) is 0 Å². The zero-order valence-electron chi connectivity index (χ0n) is 21.6. The molecule has 208 valence electrons. The number of carbonyl (C=O) groups excluding carboxylic acids is 1. The van der Waals surface area contributed by atoms with Gasteiger partial charge in [-0.2, -0.15) is 4.31 Å². The van der Waals surface area contributed by atoms with Crippen molar-refractivity contribution >= 4 is 48.9 Å². The maximum atomic E-state index is 13.6. The van der Waals surface area contributed by atoms with E-state index in [1.54, 1.807) is 24.3 Å². The molecule has 4 rings (SSSR count). The summed E-state index contributed by atoms with van der Waals surface area (Å²) in [5.41, 5.74) is 1.42. The summed E-state index contributed by atoms with van der Waals surface area (Å²) in [6, 6.07) is 16.7. The lowest BCUT2D eigenvalue weighted by Crippen LogP contribution is -2.38. The zero-order chi connectivity index (χ0) is 28.2. The summed E-state index contributed by atoms with van der Waals surface area (Å²) < 4.78 is 61.5. The number of piperidine rings is 1. The Labute approximate surface area is 234 Å². The number of rotatable bonds is 9. The molecule has 0 spiro atoms. The predicted octanol–water partition coefficient (Wildman–Crippen LogP) is 4.67. The number of anilines is 2. The lowest BCUT2D eigenvalue weighted by atomic mass is 10.2. The third-order valence-electron chi connectivity index (χ3n) is 6.39. The number of halogens is 1. The van der Waals surface area contributed by atoms with E-state index in [2.05, 4.69) is 5.32 Å². The summed E-state index contributed by atoms with van der Waals surface area (Å²) in [5.74, 6) is -0.496. The first kappa shape index (κ1) is 28.9. The SMILES string of the molecule is COc1ccc(NC(=O)CN(c2ccc(C)cc2)S(=O)(=O)c2ccc(Cl)cc2)cc1S(=O)(=O)N1CCCCC1. The third-order valence-corrected chi connectivity index (χ3v) is 10.4. The number of benzene rings is 3. The van der Waals surface area contributed by atoms with E-state index in [1.165, 1.54) is 53.9 Å². The van der Waals surface area contributed by atoms with E-state index < -0.39 is 32.5 Å². The summed E-state index contributed by atoms with van der Waals surface area (Å²) in [6.45, 7) is 2.15. The average Bonchev–Trinajstić information content (AvgIpc) is 2.93. The van der Waals surface area contributed by atoms with Crippen LogP contribution in [0, 0.1) is 6.92 Å². The quantitative estimate of drug-likeness (QED) is 0.387. The number of ether oxygens (including phenoxy) is 1. The molecule has 9 nitrogen and oxygen atoms in total. The number of amides is 1. The van der Waals surface area contributed by atoms with Crippen LogP contribution in [0.4, 0.5) is 11.4 Å². The molecule has 0 radical (unpaired) electrons. The molecule has 0 bridgehead atoms. The van der Waals surface area contributed by atoms with Gasteiger partial charge in [0, 0.05) is 23.8 Å². The van der Waals surface area contributed by atoms with Gasteiger partial charge in [-0.05, 0) is 74.4 Å². The molecule has 0 unspecified atom stereocenters. The molecule has 12 heteroatoms. The molecule has 3 aromatic rings. The van der Waals surface area contributed by atoms with Crippen LogP contribution in [0.15, 0.2) is 76.5 Å². The van der Waals surface area contributed by atoms with Gasteiger partial charge < -0.3 is 10.1 Å². The first-order valence-corrected chi connectivity index (χ1v) is 15.6. The van der Waals surface area contributed by atoms with Crippen molar-refractivity contribution in [3.8, 4) is 5.75 Å². The van der Waals surface area contributed by atoms with E-state index in [9.17, 15) is 21.6 Å². The van der Waals surface area contributed by atoms with Crippen molar-refractivity contribution in [1.29, 1.82) is 0 Å². The number of hydrogen-bond acceptors (Lipinski definition) is 6. The largest absolute Gasteiger partial charge is 0.495 e. The van der Waals surface area contributed by atoms with Gasteiger partial charge in [-0.3, -0.25) is 9.10 Å². The second-order valence-corrected chi connectivity index (χ2v) is 13.4. The van der Waals surface area contributed by atoms with Gasteiger partial charge in [-0.15, -0.1) is 0 Å². The monoisotopic (exact) mass is 591 g/mol. The minimum Gasteiger partial charge on any atom is -0.495 e. The van der Waals surface area contributed by atoms with E-state index >= 15 is 0 Å². The molecule has 3 aromatic carbocycles. The van der Waals surface area contributed by atoms with Gasteiger partial charge >= 0.3 is 0 Å². The standard InChI is InChI=1S/C27H30ClN3O6S2/c1-20-6-11-23(12-7-20)31(38(33,34)24-13-8-21(28)9-14-24)19-27(32)29-22-10-15-25(37-2)26(18-22)39(35,36)30-16-4-3-5-17-30/h6-15,18H,3-5,16-17,19H2,1-2H3,(H,29,32). The van der Waals surface area contributed by atoms with Crippen LogP contribution >= 0.6 is 11.6 Å². The number of hydrogen-bond donors (Lipinski definition) is 1. The molecular formula is C27H30ClN3O6S2.